The molecule has 0 amide bonds. The van der Waals surface area contributed by atoms with Crippen molar-refractivity contribution in [2.75, 3.05) is 0 Å². The van der Waals surface area contributed by atoms with Crippen LogP contribution in [-0.2, 0) is 4.79 Å². The minimum atomic E-state index is -0.887. The SMILES string of the molecule is C=CC(=O)Oc1ccc([N+](=O)[O-])cc1[N+](=O)[O-]. The molecule has 1 rings (SSSR count). The number of esters is 1. The smallest absolute Gasteiger partial charge is 0.335 e. The molecule has 0 radical (unpaired) electrons. The van der Waals surface area contributed by atoms with Gasteiger partial charge in [-0.15, -0.1) is 0 Å². The first-order valence-electron chi connectivity index (χ1n) is 4.22. The van der Waals surface area contributed by atoms with Crippen LogP contribution in [0.1, 0.15) is 0 Å². The number of ether oxygens (including phenoxy) is 1. The Kier molecular flexibility index (Phi) is 3.50. The fraction of sp³-hybridized carbons (Fsp3) is 0. The fourth-order valence-corrected chi connectivity index (χ4v) is 0.998. The summed E-state index contributed by atoms with van der Waals surface area (Å²) >= 11 is 0. The zero-order valence-electron chi connectivity index (χ0n) is 8.36. The molecule has 0 N–H and O–H groups in total. The van der Waals surface area contributed by atoms with Gasteiger partial charge in [-0.1, -0.05) is 6.58 Å². The molecule has 0 aliphatic heterocycles. The fourth-order valence-electron chi connectivity index (χ4n) is 0.998. The summed E-state index contributed by atoms with van der Waals surface area (Å²) in [4.78, 5) is 30.3. The van der Waals surface area contributed by atoms with E-state index in [0.29, 0.717) is 6.07 Å². The molecule has 0 unspecified atom stereocenters. The summed E-state index contributed by atoms with van der Waals surface area (Å²) < 4.78 is 4.57. The van der Waals surface area contributed by atoms with Crippen LogP contribution in [0.2, 0.25) is 0 Å². The average molecular weight is 238 g/mol. The molecule has 0 aliphatic carbocycles. The highest BCUT2D eigenvalue weighted by Crippen LogP contribution is 2.30. The Morgan fingerprint density at radius 3 is 2.41 bits per heavy atom. The van der Waals surface area contributed by atoms with Gasteiger partial charge in [0.1, 0.15) is 0 Å². The van der Waals surface area contributed by atoms with Gasteiger partial charge in [-0.25, -0.2) is 4.79 Å². The number of rotatable bonds is 4. The molecule has 0 saturated heterocycles. The Hall–Kier alpha value is -2.77. The highest BCUT2D eigenvalue weighted by Gasteiger charge is 2.21. The van der Waals surface area contributed by atoms with Crippen molar-refractivity contribution < 1.29 is 19.4 Å². The maximum Gasteiger partial charge on any atom is 0.335 e. The van der Waals surface area contributed by atoms with Crippen molar-refractivity contribution in [3.63, 3.8) is 0 Å². The van der Waals surface area contributed by atoms with Gasteiger partial charge in [0.2, 0.25) is 5.75 Å². The molecule has 88 valence electrons. The lowest BCUT2D eigenvalue weighted by molar-refractivity contribution is -0.394. The van der Waals surface area contributed by atoms with Crippen LogP contribution in [0.3, 0.4) is 0 Å². The Balaban J connectivity index is 3.22. The number of carbonyl (C=O) groups excluding carboxylic acids is 1. The maximum atomic E-state index is 10.9. The third-order valence-electron chi connectivity index (χ3n) is 1.73. The monoisotopic (exact) mass is 238 g/mol. The van der Waals surface area contributed by atoms with Crippen molar-refractivity contribution in [3.05, 3.63) is 51.1 Å². The van der Waals surface area contributed by atoms with Crippen LogP contribution in [0.15, 0.2) is 30.9 Å². The van der Waals surface area contributed by atoms with Crippen LogP contribution in [-0.4, -0.2) is 15.8 Å². The zero-order chi connectivity index (χ0) is 13.0. The number of nitrogens with zero attached hydrogens (tertiary/aromatic N) is 2. The Bertz CT molecular complexity index is 510. The molecule has 17 heavy (non-hydrogen) atoms. The van der Waals surface area contributed by atoms with E-state index in [1.807, 2.05) is 0 Å². The lowest BCUT2D eigenvalue weighted by atomic mass is 10.2. The molecule has 1 aromatic rings. The topological polar surface area (TPSA) is 113 Å². The molecular weight excluding hydrogens is 232 g/mol. The van der Waals surface area contributed by atoms with Crippen molar-refractivity contribution >= 4 is 17.3 Å². The van der Waals surface area contributed by atoms with Gasteiger partial charge in [0.15, 0.2) is 0 Å². The Morgan fingerprint density at radius 1 is 1.29 bits per heavy atom. The largest absolute Gasteiger partial charge is 0.416 e. The van der Waals surface area contributed by atoms with Crippen LogP contribution in [0.4, 0.5) is 11.4 Å². The van der Waals surface area contributed by atoms with Crippen LogP contribution in [0.5, 0.6) is 5.75 Å². The number of carbonyl (C=O) groups is 1. The Morgan fingerprint density at radius 2 is 1.94 bits per heavy atom. The van der Waals surface area contributed by atoms with Gasteiger partial charge in [0.25, 0.3) is 5.69 Å². The molecule has 0 aromatic heterocycles. The highest BCUT2D eigenvalue weighted by molar-refractivity contribution is 5.84. The van der Waals surface area contributed by atoms with E-state index in [-0.39, 0.29) is 5.75 Å². The van der Waals surface area contributed by atoms with Gasteiger partial charge in [-0.2, -0.15) is 0 Å². The second-order valence-electron chi connectivity index (χ2n) is 2.79. The van der Waals surface area contributed by atoms with Crippen molar-refractivity contribution in [2.45, 2.75) is 0 Å². The first-order valence-corrected chi connectivity index (χ1v) is 4.22. The number of nitro benzene ring substituents is 2. The van der Waals surface area contributed by atoms with Gasteiger partial charge >= 0.3 is 11.7 Å². The quantitative estimate of drug-likeness (QED) is 0.259. The van der Waals surface area contributed by atoms with Crippen molar-refractivity contribution in [1.82, 2.24) is 0 Å². The standard InChI is InChI=1S/C9H6N2O6/c1-2-9(12)17-8-4-3-6(10(13)14)5-7(8)11(15)16/h2-5H,1H2. The first kappa shape index (κ1) is 12.3. The Labute approximate surface area is 94.4 Å². The molecule has 0 bridgehead atoms. The molecule has 1 aromatic carbocycles. The number of non-ortho nitro benzene ring substituents is 1. The predicted octanol–water partition coefficient (Wildman–Crippen LogP) is 1.59. The van der Waals surface area contributed by atoms with E-state index in [1.54, 1.807) is 0 Å². The number of nitro groups is 2. The van der Waals surface area contributed by atoms with E-state index in [0.717, 1.165) is 18.2 Å². The first-order chi connectivity index (χ1) is 7.95. The molecule has 8 heteroatoms. The summed E-state index contributed by atoms with van der Waals surface area (Å²) in [5.74, 6) is -1.26. The lowest BCUT2D eigenvalue weighted by Crippen LogP contribution is -2.05. The van der Waals surface area contributed by atoms with Crippen LogP contribution >= 0.6 is 0 Å². The molecule has 0 saturated carbocycles. The summed E-state index contributed by atoms with van der Waals surface area (Å²) in [6.07, 6.45) is 0.825. The zero-order valence-corrected chi connectivity index (χ0v) is 8.36. The summed E-state index contributed by atoms with van der Waals surface area (Å²) in [7, 11) is 0. The van der Waals surface area contributed by atoms with E-state index < -0.39 is 27.2 Å². The van der Waals surface area contributed by atoms with E-state index in [9.17, 15) is 25.0 Å². The maximum absolute atomic E-state index is 10.9. The van der Waals surface area contributed by atoms with E-state index >= 15 is 0 Å². The molecule has 0 atom stereocenters. The minimum absolute atomic E-state index is 0.370. The molecule has 8 nitrogen and oxygen atoms in total. The molecule has 0 spiro atoms. The van der Waals surface area contributed by atoms with Crippen molar-refractivity contribution in [3.8, 4) is 5.75 Å². The number of hydrogen-bond donors (Lipinski definition) is 0. The van der Waals surface area contributed by atoms with Gasteiger partial charge in [0, 0.05) is 12.1 Å². The van der Waals surface area contributed by atoms with Gasteiger partial charge < -0.3 is 4.74 Å². The van der Waals surface area contributed by atoms with Gasteiger partial charge in [0.05, 0.1) is 15.9 Å². The van der Waals surface area contributed by atoms with Crippen LogP contribution < -0.4 is 4.74 Å². The van der Waals surface area contributed by atoms with E-state index in [1.165, 1.54) is 0 Å². The third kappa shape index (κ3) is 2.84. The summed E-state index contributed by atoms with van der Waals surface area (Å²) in [6.45, 7) is 3.12. The van der Waals surface area contributed by atoms with Crippen molar-refractivity contribution in [1.29, 1.82) is 0 Å². The van der Waals surface area contributed by atoms with Gasteiger partial charge in [-0.3, -0.25) is 20.2 Å². The van der Waals surface area contributed by atoms with Crippen molar-refractivity contribution in [2.24, 2.45) is 0 Å². The molecule has 0 aliphatic rings. The lowest BCUT2D eigenvalue weighted by Gasteiger charge is -2.01. The molecular formula is C9H6N2O6. The minimum Gasteiger partial charge on any atom is -0.416 e. The second-order valence-corrected chi connectivity index (χ2v) is 2.79. The normalized spacial score (nSPS) is 9.41. The molecule has 0 heterocycles. The number of hydrogen-bond acceptors (Lipinski definition) is 6. The highest BCUT2D eigenvalue weighted by atomic mass is 16.6. The average Bonchev–Trinajstić information content (AvgIpc) is 2.28. The number of benzene rings is 1. The van der Waals surface area contributed by atoms with Gasteiger partial charge in [-0.05, 0) is 6.07 Å². The van der Waals surface area contributed by atoms with E-state index in [4.69, 9.17) is 0 Å². The predicted molar refractivity (Wildman–Crippen MR) is 55.6 cm³/mol. The van der Waals surface area contributed by atoms with E-state index in [2.05, 4.69) is 11.3 Å². The molecule has 0 fully saturated rings. The third-order valence-corrected chi connectivity index (χ3v) is 1.73. The summed E-state index contributed by atoms with van der Waals surface area (Å²) in [5.41, 5.74) is -1.12. The second kappa shape index (κ2) is 4.84. The summed E-state index contributed by atoms with van der Waals surface area (Å²) in [6, 6.07) is 2.70. The summed E-state index contributed by atoms with van der Waals surface area (Å²) in [5, 5.41) is 21.1. The van der Waals surface area contributed by atoms with Crippen LogP contribution in [0.25, 0.3) is 0 Å². The van der Waals surface area contributed by atoms with Crippen LogP contribution in [0, 0.1) is 20.2 Å².